The van der Waals surface area contributed by atoms with Crippen LogP contribution in [0.3, 0.4) is 0 Å². The number of benzene rings is 2. The molecule has 0 saturated heterocycles. The monoisotopic (exact) mass is 409 g/mol. The SMILES string of the molecule is c1ccc(CCNCc2cccc(COc3nn4ccnc4c4ccccc34)n2)cc1. The number of rotatable bonds is 8. The zero-order valence-corrected chi connectivity index (χ0v) is 17.1. The quantitative estimate of drug-likeness (QED) is 0.389. The molecule has 0 aliphatic heterocycles. The van der Waals surface area contributed by atoms with Crippen LogP contribution < -0.4 is 10.1 Å². The van der Waals surface area contributed by atoms with E-state index in [-0.39, 0.29) is 0 Å². The van der Waals surface area contributed by atoms with Crippen molar-refractivity contribution in [3.8, 4) is 5.88 Å². The second-order valence-corrected chi connectivity index (χ2v) is 7.37. The molecule has 3 aromatic heterocycles. The lowest BCUT2D eigenvalue weighted by Gasteiger charge is -2.10. The highest BCUT2D eigenvalue weighted by molar-refractivity contribution is 5.96. The van der Waals surface area contributed by atoms with Gasteiger partial charge in [0, 0.05) is 29.7 Å². The zero-order valence-electron chi connectivity index (χ0n) is 17.1. The van der Waals surface area contributed by atoms with Crippen LogP contribution in [0, 0.1) is 0 Å². The van der Waals surface area contributed by atoms with Crippen molar-refractivity contribution >= 4 is 16.4 Å². The van der Waals surface area contributed by atoms with Gasteiger partial charge in [-0.15, -0.1) is 5.10 Å². The Bertz CT molecular complexity index is 1300. The molecule has 0 spiro atoms. The predicted octanol–water partition coefficient (Wildman–Crippen LogP) is 4.19. The van der Waals surface area contributed by atoms with Crippen LogP contribution in [0.5, 0.6) is 5.88 Å². The van der Waals surface area contributed by atoms with Crippen LogP contribution in [0.15, 0.2) is 85.2 Å². The Kier molecular flexibility index (Phi) is 5.54. The first-order chi connectivity index (χ1) is 15.4. The molecule has 0 saturated carbocycles. The van der Waals surface area contributed by atoms with E-state index in [4.69, 9.17) is 9.72 Å². The predicted molar refractivity (Wildman–Crippen MR) is 121 cm³/mol. The Morgan fingerprint density at radius 2 is 1.65 bits per heavy atom. The summed E-state index contributed by atoms with van der Waals surface area (Å²) in [6.45, 7) is 1.99. The second kappa shape index (κ2) is 8.93. The van der Waals surface area contributed by atoms with Gasteiger partial charge in [0.2, 0.25) is 5.88 Å². The highest BCUT2D eigenvalue weighted by Gasteiger charge is 2.10. The van der Waals surface area contributed by atoms with Crippen molar-refractivity contribution in [3.63, 3.8) is 0 Å². The summed E-state index contributed by atoms with van der Waals surface area (Å²) >= 11 is 0. The lowest BCUT2D eigenvalue weighted by Crippen LogP contribution is -2.17. The minimum atomic E-state index is 0.356. The highest BCUT2D eigenvalue weighted by Crippen LogP contribution is 2.26. The lowest BCUT2D eigenvalue weighted by molar-refractivity contribution is 0.288. The first-order valence-electron chi connectivity index (χ1n) is 10.4. The van der Waals surface area contributed by atoms with Crippen molar-refractivity contribution in [1.29, 1.82) is 0 Å². The molecule has 154 valence electrons. The summed E-state index contributed by atoms with van der Waals surface area (Å²) in [5.74, 6) is 0.578. The van der Waals surface area contributed by atoms with Crippen LogP contribution in [0.25, 0.3) is 16.4 Å². The molecule has 0 aliphatic rings. The van der Waals surface area contributed by atoms with Gasteiger partial charge in [-0.05, 0) is 36.7 Å². The lowest BCUT2D eigenvalue weighted by atomic mass is 10.1. The molecule has 0 atom stereocenters. The molecule has 0 bridgehead atoms. The fourth-order valence-corrected chi connectivity index (χ4v) is 3.64. The highest BCUT2D eigenvalue weighted by atomic mass is 16.5. The summed E-state index contributed by atoms with van der Waals surface area (Å²) in [4.78, 5) is 9.13. The number of imidazole rings is 1. The van der Waals surface area contributed by atoms with E-state index in [1.165, 1.54) is 5.56 Å². The number of nitrogens with zero attached hydrogens (tertiary/aromatic N) is 4. The Hall–Kier alpha value is -3.77. The third-order valence-electron chi connectivity index (χ3n) is 5.18. The summed E-state index contributed by atoms with van der Waals surface area (Å²) in [7, 11) is 0. The van der Waals surface area contributed by atoms with E-state index in [0.717, 1.165) is 47.3 Å². The minimum absolute atomic E-state index is 0.356. The van der Waals surface area contributed by atoms with Crippen LogP contribution >= 0.6 is 0 Å². The molecule has 6 heteroatoms. The molecule has 5 rings (SSSR count). The molecule has 2 aromatic carbocycles. The summed E-state index contributed by atoms with van der Waals surface area (Å²) < 4.78 is 7.83. The van der Waals surface area contributed by atoms with Gasteiger partial charge in [-0.3, -0.25) is 4.98 Å². The molecular formula is C25H23N5O. The van der Waals surface area contributed by atoms with Crippen LogP contribution in [0.4, 0.5) is 0 Å². The summed E-state index contributed by atoms with van der Waals surface area (Å²) in [6.07, 6.45) is 4.57. The van der Waals surface area contributed by atoms with Gasteiger partial charge in [0.1, 0.15) is 6.61 Å². The molecule has 31 heavy (non-hydrogen) atoms. The maximum atomic E-state index is 6.08. The van der Waals surface area contributed by atoms with Gasteiger partial charge < -0.3 is 10.1 Å². The van der Waals surface area contributed by atoms with Crippen LogP contribution in [-0.4, -0.2) is 26.1 Å². The molecule has 5 aromatic rings. The van der Waals surface area contributed by atoms with Crippen molar-refractivity contribution < 1.29 is 4.74 Å². The van der Waals surface area contributed by atoms with Gasteiger partial charge in [0.05, 0.1) is 11.4 Å². The number of hydrogen-bond donors (Lipinski definition) is 1. The third-order valence-corrected chi connectivity index (χ3v) is 5.18. The minimum Gasteiger partial charge on any atom is -0.470 e. The number of aromatic nitrogens is 4. The smallest absolute Gasteiger partial charge is 0.240 e. The van der Waals surface area contributed by atoms with E-state index in [0.29, 0.717) is 12.5 Å². The van der Waals surface area contributed by atoms with Crippen molar-refractivity contribution in [2.75, 3.05) is 6.54 Å². The van der Waals surface area contributed by atoms with E-state index in [9.17, 15) is 0 Å². The molecule has 0 amide bonds. The average Bonchev–Trinajstić information content (AvgIpc) is 3.30. The fraction of sp³-hybridized carbons (Fsp3) is 0.160. The molecule has 0 aliphatic carbocycles. The molecule has 0 unspecified atom stereocenters. The normalized spacial score (nSPS) is 11.2. The zero-order chi connectivity index (χ0) is 20.9. The van der Waals surface area contributed by atoms with Crippen LogP contribution in [0.2, 0.25) is 0 Å². The van der Waals surface area contributed by atoms with Gasteiger partial charge >= 0.3 is 0 Å². The molecule has 0 fully saturated rings. The molecule has 0 radical (unpaired) electrons. The van der Waals surface area contributed by atoms with Gasteiger partial charge in [-0.1, -0.05) is 54.6 Å². The van der Waals surface area contributed by atoms with Crippen molar-refractivity contribution in [3.05, 3.63) is 102 Å². The van der Waals surface area contributed by atoms with Gasteiger partial charge in [-0.2, -0.15) is 0 Å². The van der Waals surface area contributed by atoms with Crippen molar-refractivity contribution in [1.82, 2.24) is 24.9 Å². The van der Waals surface area contributed by atoms with E-state index in [1.807, 2.05) is 54.7 Å². The first-order valence-corrected chi connectivity index (χ1v) is 10.4. The van der Waals surface area contributed by atoms with E-state index in [2.05, 4.69) is 39.7 Å². The molecule has 1 N–H and O–H groups in total. The largest absolute Gasteiger partial charge is 0.470 e. The number of nitrogens with one attached hydrogen (secondary N) is 1. The Labute approximate surface area is 180 Å². The summed E-state index contributed by atoms with van der Waals surface area (Å²) in [5.41, 5.74) is 4.03. The molecule has 3 heterocycles. The standard InChI is InChI=1S/C25H23N5O/c1-2-7-19(8-3-1)13-14-26-17-20-9-6-10-21(28-20)18-31-25-23-12-5-4-11-22(23)24-27-15-16-30(24)29-25/h1-12,15-16,26H,13-14,17-18H2. The van der Waals surface area contributed by atoms with Gasteiger partial charge in [0.15, 0.2) is 5.65 Å². The topological polar surface area (TPSA) is 64.3 Å². The van der Waals surface area contributed by atoms with E-state index >= 15 is 0 Å². The molecular weight excluding hydrogens is 386 g/mol. The Morgan fingerprint density at radius 1 is 0.839 bits per heavy atom. The van der Waals surface area contributed by atoms with Crippen LogP contribution in [-0.2, 0) is 19.6 Å². The van der Waals surface area contributed by atoms with E-state index < -0.39 is 0 Å². The fourth-order valence-electron chi connectivity index (χ4n) is 3.64. The van der Waals surface area contributed by atoms with Crippen LogP contribution in [0.1, 0.15) is 17.0 Å². The maximum absolute atomic E-state index is 6.08. The third kappa shape index (κ3) is 4.39. The Balaban J connectivity index is 1.24. The van der Waals surface area contributed by atoms with Crippen molar-refractivity contribution in [2.24, 2.45) is 0 Å². The van der Waals surface area contributed by atoms with E-state index in [1.54, 1.807) is 10.7 Å². The van der Waals surface area contributed by atoms with Gasteiger partial charge in [0.25, 0.3) is 0 Å². The second-order valence-electron chi connectivity index (χ2n) is 7.37. The first kappa shape index (κ1) is 19.2. The number of fused-ring (bicyclic) bond motifs is 3. The summed E-state index contributed by atoms with van der Waals surface area (Å²) in [5, 5.41) is 10.0. The van der Waals surface area contributed by atoms with Gasteiger partial charge in [-0.25, -0.2) is 9.50 Å². The number of hydrogen-bond acceptors (Lipinski definition) is 5. The van der Waals surface area contributed by atoms with Crippen molar-refractivity contribution in [2.45, 2.75) is 19.6 Å². The summed E-state index contributed by atoms with van der Waals surface area (Å²) in [6, 6.07) is 24.5. The Morgan fingerprint density at radius 3 is 2.55 bits per heavy atom. The number of pyridine rings is 1. The number of ether oxygens (including phenoxy) is 1. The molecule has 6 nitrogen and oxygen atoms in total. The average molecular weight is 409 g/mol. The maximum Gasteiger partial charge on any atom is 0.240 e.